The number of hydrogen-bond donors (Lipinski definition) is 2. The molecule has 6 heteroatoms. The highest BCUT2D eigenvalue weighted by Gasteiger charge is 2.01. The number of pyridine rings is 1. The minimum atomic E-state index is 0.281. The van der Waals surface area contributed by atoms with E-state index in [2.05, 4.69) is 15.4 Å². The predicted molar refractivity (Wildman–Crippen MR) is 81.0 cm³/mol. The molecule has 0 bridgehead atoms. The van der Waals surface area contributed by atoms with E-state index in [1.807, 2.05) is 42.6 Å². The van der Waals surface area contributed by atoms with E-state index in [4.69, 9.17) is 17.3 Å². The second-order valence-corrected chi connectivity index (χ2v) is 4.93. The Morgan fingerprint density at radius 2 is 1.95 bits per heavy atom. The summed E-state index contributed by atoms with van der Waals surface area (Å²) in [4.78, 5) is 4.08. The first-order valence-electron chi connectivity index (χ1n) is 6.31. The number of nitrogens with two attached hydrogens (primary N) is 1. The average molecular weight is 288 g/mol. The Morgan fingerprint density at radius 1 is 1.15 bits per heavy atom. The molecule has 5 nitrogen and oxygen atoms in total. The first kappa shape index (κ1) is 12.7. The number of nitrogen functional groups attached to an aromatic ring is 1. The average Bonchev–Trinajstić information content (AvgIpc) is 2.80. The van der Waals surface area contributed by atoms with Gasteiger partial charge in [0.25, 0.3) is 0 Å². The summed E-state index contributed by atoms with van der Waals surface area (Å²) in [6.45, 7) is 0.831. The van der Waals surface area contributed by atoms with E-state index in [0.717, 1.165) is 29.3 Å². The van der Waals surface area contributed by atoms with Crippen LogP contribution < -0.4 is 11.1 Å². The van der Waals surface area contributed by atoms with Crippen molar-refractivity contribution in [2.45, 2.75) is 6.42 Å². The van der Waals surface area contributed by atoms with Crippen molar-refractivity contribution in [2.75, 3.05) is 17.6 Å². The zero-order chi connectivity index (χ0) is 13.9. The van der Waals surface area contributed by atoms with Crippen LogP contribution >= 0.6 is 11.6 Å². The molecule has 0 unspecified atom stereocenters. The maximum absolute atomic E-state index is 5.86. The highest BCUT2D eigenvalue weighted by atomic mass is 35.5. The van der Waals surface area contributed by atoms with E-state index in [9.17, 15) is 0 Å². The van der Waals surface area contributed by atoms with Crippen molar-refractivity contribution in [3.63, 3.8) is 0 Å². The molecule has 0 fully saturated rings. The Bertz CT molecular complexity index is 720. The molecular formula is C14H14ClN5. The Balaban J connectivity index is 1.63. The maximum Gasteiger partial charge on any atom is 0.240 e. The lowest BCUT2D eigenvalue weighted by atomic mass is 10.1. The highest BCUT2D eigenvalue weighted by Crippen LogP contribution is 2.12. The molecule has 2 aromatic heterocycles. The van der Waals surface area contributed by atoms with Crippen LogP contribution in [-0.4, -0.2) is 21.1 Å². The molecule has 3 aromatic rings. The largest absolute Gasteiger partial charge is 0.383 e. The number of hydrogen-bond acceptors (Lipinski definition) is 4. The monoisotopic (exact) mass is 287 g/mol. The summed E-state index contributed by atoms with van der Waals surface area (Å²) >= 11 is 5.86. The van der Waals surface area contributed by atoms with Gasteiger partial charge in [0.15, 0.2) is 5.65 Å². The summed E-state index contributed by atoms with van der Waals surface area (Å²) in [5.41, 5.74) is 8.52. The fourth-order valence-electron chi connectivity index (χ4n) is 2.01. The smallest absolute Gasteiger partial charge is 0.240 e. The number of fused-ring (bicyclic) bond motifs is 1. The number of nitrogens with one attached hydrogen (secondary N) is 1. The zero-order valence-electron chi connectivity index (χ0n) is 10.8. The molecule has 0 aliphatic carbocycles. The van der Waals surface area contributed by atoms with Crippen molar-refractivity contribution >= 4 is 28.9 Å². The summed E-state index contributed by atoms with van der Waals surface area (Å²) in [7, 11) is 0. The standard InChI is InChI=1S/C14H14ClN5/c15-11-3-1-10(2-4-11)7-8-17-12-5-6-13-18-14(16)19-20(13)9-12/h1-6,9,17H,7-8H2,(H2,16,19). The summed E-state index contributed by atoms with van der Waals surface area (Å²) in [6, 6.07) is 11.7. The van der Waals surface area contributed by atoms with Gasteiger partial charge in [0.05, 0.1) is 11.9 Å². The summed E-state index contributed by atoms with van der Waals surface area (Å²) in [6.07, 6.45) is 2.80. The van der Waals surface area contributed by atoms with Gasteiger partial charge in [0, 0.05) is 11.6 Å². The van der Waals surface area contributed by atoms with Gasteiger partial charge >= 0.3 is 0 Å². The fraction of sp³-hybridized carbons (Fsp3) is 0.143. The van der Waals surface area contributed by atoms with E-state index in [0.29, 0.717) is 0 Å². The van der Waals surface area contributed by atoms with Gasteiger partial charge in [-0.1, -0.05) is 23.7 Å². The number of anilines is 2. The van der Waals surface area contributed by atoms with Crippen LogP contribution in [0.3, 0.4) is 0 Å². The Hall–Kier alpha value is -2.27. The van der Waals surface area contributed by atoms with Crippen LogP contribution in [-0.2, 0) is 6.42 Å². The fourth-order valence-corrected chi connectivity index (χ4v) is 2.13. The van der Waals surface area contributed by atoms with Crippen LogP contribution in [0.4, 0.5) is 11.6 Å². The van der Waals surface area contributed by atoms with Gasteiger partial charge in [-0.2, -0.15) is 4.98 Å². The highest BCUT2D eigenvalue weighted by molar-refractivity contribution is 6.30. The van der Waals surface area contributed by atoms with E-state index in [1.165, 1.54) is 5.56 Å². The van der Waals surface area contributed by atoms with Crippen molar-refractivity contribution in [3.05, 3.63) is 53.2 Å². The first-order valence-corrected chi connectivity index (χ1v) is 6.69. The van der Waals surface area contributed by atoms with Gasteiger partial charge in [-0.05, 0) is 36.2 Å². The molecule has 0 amide bonds. The molecule has 0 aliphatic heterocycles. The van der Waals surface area contributed by atoms with Crippen molar-refractivity contribution in [1.82, 2.24) is 14.6 Å². The summed E-state index contributed by atoms with van der Waals surface area (Å²) in [5, 5.41) is 8.19. The lowest BCUT2D eigenvalue weighted by molar-refractivity contribution is 0.957. The number of benzene rings is 1. The Labute approximate surface area is 121 Å². The zero-order valence-corrected chi connectivity index (χ0v) is 11.5. The molecule has 2 heterocycles. The third-order valence-corrected chi connectivity index (χ3v) is 3.26. The molecule has 20 heavy (non-hydrogen) atoms. The Morgan fingerprint density at radius 3 is 2.75 bits per heavy atom. The quantitative estimate of drug-likeness (QED) is 0.774. The van der Waals surface area contributed by atoms with Gasteiger partial charge in [0.1, 0.15) is 0 Å². The van der Waals surface area contributed by atoms with Crippen LogP contribution in [0.15, 0.2) is 42.6 Å². The minimum absolute atomic E-state index is 0.281. The van der Waals surface area contributed by atoms with Crippen LogP contribution in [0.1, 0.15) is 5.56 Å². The first-order chi connectivity index (χ1) is 9.70. The van der Waals surface area contributed by atoms with Crippen LogP contribution in [0.2, 0.25) is 5.02 Å². The van der Waals surface area contributed by atoms with Gasteiger partial charge in [0.2, 0.25) is 5.95 Å². The summed E-state index contributed by atoms with van der Waals surface area (Å²) < 4.78 is 1.67. The molecule has 102 valence electrons. The Kier molecular flexibility index (Phi) is 3.43. The van der Waals surface area contributed by atoms with Crippen LogP contribution in [0, 0.1) is 0 Å². The number of rotatable bonds is 4. The molecule has 0 saturated heterocycles. The summed E-state index contributed by atoms with van der Waals surface area (Å²) in [5.74, 6) is 0.281. The molecule has 0 spiro atoms. The second kappa shape index (κ2) is 5.38. The lowest BCUT2D eigenvalue weighted by Gasteiger charge is -2.06. The van der Waals surface area contributed by atoms with Crippen molar-refractivity contribution in [3.8, 4) is 0 Å². The topological polar surface area (TPSA) is 68.2 Å². The normalized spacial score (nSPS) is 10.8. The molecule has 3 N–H and O–H groups in total. The van der Waals surface area contributed by atoms with Gasteiger partial charge in [-0.15, -0.1) is 5.10 Å². The molecule has 0 saturated carbocycles. The SMILES string of the molecule is Nc1nc2ccc(NCCc3ccc(Cl)cc3)cn2n1. The molecule has 3 rings (SSSR count). The van der Waals surface area contributed by atoms with Crippen molar-refractivity contribution in [1.29, 1.82) is 0 Å². The van der Waals surface area contributed by atoms with Gasteiger partial charge in [-0.3, -0.25) is 0 Å². The van der Waals surface area contributed by atoms with Crippen molar-refractivity contribution < 1.29 is 0 Å². The lowest BCUT2D eigenvalue weighted by Crippen LogP contribution is -2.05. The predicted octanol–water partition coefficient (Wildman–Crippen LogP) is 2.62. The van der Waals surface area contributed by atoms with E-state index < -0.39 is 0 Å². The third kappa shape index (κ3) is 2.83. The van der Waals surface area contributed by atoms with Crippen LogP contribution in [0.5, 0.6) is 0 Å². The number of nitrogens with zero attached hydrogens (tertiary/aromatic N) is 3. The van der Waals surface area contributed by atoms with E-state index in [-0.39, 0.29) is 5.95 Å². The molecular weight excluding hydrogens is 274 g/mol. The van der Waals surface area contributed by atoms with Crippen molar-refractivity contribution in [2.24, 2.45) is 0 Å². The molecule has 1 aromatic carbocycles. The number of aromatic nitrogens is 3. The second-order valence-electron chi connectivity index (χ2n) is 4.49. The van der Waals surface area contributed by atoms with E-state index >= 15 is 0 Å². The minimum Gasteiger partial charge on any atom is -0.383 e. The molecule has 0 atom stereocenters. The van der Waals surface area contributed by atoms with Gasteiger partial charge in [-0.25, -0.2) is 4.52 Å². The maximum atomic E-state index is 5.86. The van der Waals surface area contributed by atoms with Crippen LogP contribution in [0.25, 0.3) is 5.65 Å². The van der Waals surface area contributed by atoms with Gasteiger partial charge < -0.3 is 11.1 Å². The molecule has 0 aliphatic rings. The molecule has 0 radical (unpaired) electrons. The third-order valence-electron chi connectivity index (χ3n) is 3.00. The van der Waals surface area contributed by atoms with E-state index in [1.54, 1.807) is 4.52 Å². The number of halogens is 1.